The van der Waals surface area contributed by atoms with Crippen molar-refractivity contribution in [2.24, 2.45) is 5.73 Å². The van der Waals surface area contributed by atoms with Crippen LogP contribution in [0.4, 0.5) is 0 Å². The van der Waals surface area contributed by atoms with Gasteiger partial charge in [0.25, 0.3) is 0 Å². The molecule has 0 aliphatic heterocycles. The molecule has 0 saturated heterocycles. The maximum absolute atomic E-state index is 12.6. The van der Waals surface area contributed by atoms with Gasteiger partial charge in [-0.15, -0.1) is 0 Å². The molecule has 8 nitrogen and oxygen atoms in total. The number of carbonyl (C=O) groups is 3. The Bertz CT molecular complexity index is 838. The van der Waals surface area contributed by atoms with Gasteiger partial charge >= 0.3 is 5.97 Å². The van der Waals surface area contributed by atoms with Crippen LogP contribution in [0.2, 0.25) is 0 Å². The van der Waals surface area contributed by atoms with E-state index in [4.69, 9.17) is 10.8 Å². The molecular formula is C19H26N4O4S. The molecule has 0 radical (unpaired) electrons. The Labute approximate surface area is 167 Å². The zero-order chi connectivity index (χ0) is 20.7. The summed E-state index contributed by atoms with van der Waals surface area (Å²) in [6.45, 7) is 1.37. The first-order chi connectivity index (χ1) is 13.3. The maximum Gasteiger partial charge on any atom is 0.325 e. The van der Waals surface area contributed by atoms with E-state index in [1.54, 1.807) is 0 Å². The van der Waals surface area contributed by atoms with Gasteiger partial charge in [-0.25, -0.2) is 0 Å². The second-order valence-corrected chi connectivity index (χ2v) is 7.57. The van der Waals surface area contributed by atoms with Crippen LogP contribution in [0.1, 0.15) is 18.9 Å². The minimum absolute atomic E-state index is 0.318. The highest BCUT2D eigenvalue weighted by molar-refractivity contribution is 7.98. The average molecular weight is 407 g/mol. The summed E-state index contributed by atoms with van der Waals surface area (Å²) in [6, 6.07) is 5.02. The number of H-pyrrole nitrogens is 1. The summed E-state index contributed by atoms with van der Waals surface area (Å²) in [5.74, 6) is -1.48. The number of amides is 2. The van der Waals surface area contributed by atoms with Crippen LogP contribution in [-0.4, -0.2) is 58.0 Å². The van der Waals surface area contributed by atoms with E-state index in [2.05, 4.69) is 15.6 Å². The average Bonchev–Trinajstić information content (AvgIpc) is 3.07. The Morgan fingerprint density at radius 2 is 1.93 bits per heavy atom. The van der Waals surface area contributed by atoms with Crippen LogP contribution in [0.25, 0.3) is 10.9 Å². The molecule has 2 rings (SSSR count). The predicted octanol–water partition coefficient (Wildman–Crippen LogP) is 0.865. The van der Waals surface area contributed by atoms with E-state index in [1.807, 2.05) is 36.7 Å². The summed E-state index contributed by atoms with van der Waals surface area (Å²) in [7, 11) is 0. The zero-order valence-electron chi connectivity index (χ0n) is 15.9. The molecule has 1 aromatic heterocycles. The number of hydrogen-bond donors (Lipinski definition) is 5. The highest BCUT2D eigenvalue weighted by Gasteiger charge is 2.26. The van der Waals surface area contributed by atoms with Crippen LogP contribution in [0.15, 0.2) is 30.5 Å². The molecule has 0 spiro atoms. The van der Waals surface area contributed by atoms with Crippen LogP contribution in [-0.2, 0) is 20.8 Å². The molecule has 0 aliphatic carbocycles. The number of thioether (sulfide) groups is 1. The van der Waals surface area contributed by atoms with Crippen LogP contribution < -0.4 is 16.4 Å². The summed E-state index contributed by atoms with van der Waals surface area (Å²) in [4.78, 5) is 39.0. The van der Waals surface area contributed by atoms with Crippen molar-refractivity contribution in [3.63, 3.8) is 0 Å². The summed E-state index contributed by atoms with van der Waals surface area (Å²) in [6.07, 6.45) is 4.41. The number of fused-ring (bicyclic) bond motifs is 1. The normalized spacial score (nSPS) is 14.2. The number of nitrogens with two attached hydrogens (primary N) is 1. The fourth-order valence-corrected chi connectivity index (χ4v) is 3.26. The quantitative estimate of drug-likeness (QED) is 0.397. The van der Waals surface area contributed by atoms with E-state index >= 15 is 0 Å². The third-order valence-corrected chi connectivity index (χ3v) is 5.07. The van der Waals surface area contributed by atoms with Crippen molar-refractivity contribution in [3.05, 3.63) is 36.0 Å². The summed E-state index contributed by atoms with van der Waals surface area (Å²) < 4.78 is 0. The molecule has 6 N–H and O–H groups in total. The number of aromatic amines is 1. The Morgan fingerprint density at radius 3 is 2.61 bits per heavy atom. The number of benzene rings is 1. The van der Waals surface area contributed by atoms with Crippen LogP contribution in [0.5, 0.6) is 0 Å². The number of rotatable bonds is 10. The number of carboxylic acids is 1. The highest BCUT2D eigenvalue weighted by atomic mass is 32.2. The smallest absolute Gasteiger partial charge is 0.325 e. The number of aromatic nitrogens is 1. The fourth-order valence-electron chi connectivity index (χ4n) is 2.79. The minimum atomic E-state index is -1.14. The molecule has 0 fully saturated rings. The van der Waals surface area contributed by atoms with Crippen molar-refractivity contribution in [2.75, 3.05) is 12.0 Å². The Kier molecular flexibility index (Phi) is 7.89. The fraction of sp³-hybridized carbons (Fsp3) is 0.421. The van der Waals surface area contributed by atoms with Gasteiger partial charge in [0.1, 0.15) is 12.1 Å². The van der Waals surface area contributed by atoms with Gasteiger partial charge in [0.05, 0.1) is 6.04 Å². The monoisotopic (exact) mass is 406 g/mol. The van der Waals surface area contributed by atoms with Crippen LogP contribution in [0.3, 0.4) is 0 Å². The van der Waals surface area contributed by atoms with E-state index in [-0.39, 0.29) is 0 Å². The lowest BCUT2D eigenvalue weighted by Gasteiger charge is -2.21. The molecule has 1 aromatic carbocycles. The second-order valence-electron chi connectivity index (χ2n) is 6.58. The van der Waals surface area contributed by atoms with Crippen molar-refractivity contribution in [1.29, 1.82) is 0 Å². The van der Waals surface area contributed by atoms with E-state index < -0.39 is 35.9 Å². The van der Waals surface area contributed by atoms with E-state index in [1.165, 1.54) is 18.7 Å². The zero-order valence-corrected chi connectivity index (χ0v) is 16.7. The number of para-hydroxylation sites is 1. The predicted molar refractivity (Wildman–Crippen MR) is 110 cm³/mol. The summed E-state index contributed by atoms with van der Waals surface area (Å²) >= 11 is 1.53. The molecule has 0 saturated carbocycles. The van der Waals surface area contributed by atoms with E-state index in [0.29, 0.717) is 18.6 Å². The van der Waals surface area contributed by atoms with Gasteiger partial charge < -0.3 is 26.5 Å². The lowest BCUT2D eigenvalue weighted by Crippen LogP contribution is -2.54. The first-order valence-electron chi connectivity index (χ1n) is 8.96. The Balaban J connectivity index is 2.02. The third kappa shape index (κ3) is 5.74. The summed E-state index contributed by atoms with van der Waals surface area (Å²) in [5, 5.41) is 15.0. The van der Waals surface area contributed by atoms with Gasteiger partial charge in [0, 0.05) is 17.1 Å². The van der Waals surface area contributed by atoms with E-state index in [0.717, 1.165) is 16.5 Å². The maximum atomic E-state index is 12.6. The number of carbonyl (C=O) groups excluding carboxylic acids is 2. The highest BCUT2D eigenvalue weighted by Crippen LogP contribution is 2.18. The number of carboxylic acid groups (broad SMARTS) is 1. The standard InChI is InChI=1S/C19H26N4O4S/c1-11(19(26)27)22-18(25)16(7-8-28-2)23-17(24)14(20)9-12-10-21-15-6-4-3-5-13(12)15/h3-6,10-11,14,16,21H,7-9,20H2,1-2H3,(H,22,25)(H,23,24)(H,26,27). The van der Waals surface area contributed by atoms with Gasteiger partial charge in [-0.2, -0.15) is 11.8 Å². The molecule has 28 heavy (non-hydrogen) atoms. The van der Waals surface area contributed by atoms with Crippen molar-refractivity contribution in [1.82, 2.24) is 15.6 Å². The lowest BCUT2D eigenvalue weighted by atomic mass is 10.0. The van der Waals surface area contributed by atoms with Gasteiger partial charge in [-0.05, 0) is 43.4 Å². The number of aliphatic carboxylic acids is 1. The van der Waals surface area contributed by atoms with E-state index in [9.17, 15) is 14.4 Å². The van der Waals surface area contributed by atoms with Crippen molar-refractivity contribution >= 4 is 40.4 Å². The van der Waals surface area contributed by atoms with Gasteiger partial charge in [-0.1, -0.05) is 18.2 Å². The molecule has 3 atom stereocenters. The first-order valence-corrected chi connectivity index (χ1v) is 10.4. The SMILES string of the molecule is CSCCC(NC(=O)C(N)Cc1c[nH]c2ccccc12)C(=O)NC(C)C(=O)O. The molecule has 2 amide bonds. The van der Waals surface area contributed by atoms with Gasteiger partial charge in [0.2, 0.25) is 11.8 Å². The second kappa shape index (κ2) is 10.1. The first kappa shape index (κ1) is 21.8. The minimum Gasteiger partial charge on any atom is -0.480 e. The Hall–Kier alpha value is -2.52. The van der Waals surface area contributed by atoms with Gasteiger partial charge in [0.15, 0.2) is 0 Å². The molecule has 0 bridgehead atoms. The van der Waals surface area contributed by atoms with Crippen LogP contribution >= 0.6 is 11.8 Å². The molecule has 1 heterocycles. The number of nitrogens with one attached hydrogen (secondary N) is 3. The van der Waals surface area contributed by atoms with Crippen molar-refractivity contribution in [2.45, 2.75) is 37.9 Å². The number of hydrogen-bond acceptors (Lipinski definition) is 5. The van der Waals surface area contributed by atoms with Crippen molar-refractivity contribution in [3.8, 4) is 0 Å². The van der Waals surface area contributed by atoms with Gasteiger partial charge in [-0.3, -0.25) is 14.4 Å². The lowest BCUT2D eigenvalue weighted by molar-refractivity contribution is -0.141. The molecule has 0 aliphatic rings. The molecule has 9 heteroatoms. The molecule has 3 unspecified atom stereocenters. The third-order valence-electron chi connectivity index (χ3n) is 4.42. The molecule has 152 valence electrons. The molecular weight excluding hydrogens is 380 g/mol. The molecule has 2 aromatic rings. The topological polar surface area (TPSA) is 137 Å². The summed E-state index contributed by atoms with van der Waals surface area (Å²) in [5.41, 5.74) is 7.95. The largest absolute Gasteiger partial charge is 0.480 e. The Morgan fingerprint density at radius 1 is 1.21 bits per heavy atom. The van der Waals surface area contributed by atoms with Crippen LogP contribution in [0, 0.1) is 0 Å². The van der Waals surface area contributed by atoms with Crippen molar-refractivity contribution < 1.29 is 19.5 Å².